The molecule has 10 heteroatoms. The predicted octanol–water partition coefficient (Wildman–Crippen LogP) is 4.07. The highest BCUT2D eigenvalue weighted by Crippen LogP contribution is 2.31. The number of carbonyl (C=O) groups excluding carboxylic acids is 1. The lowest BCUT2D eigenvalue weighted by molar-refractivity contribution is 0.0654. The summed E-state index contributed by atoms with van der Waals surface area (Å²) in [5.74, 6) is 1.20. The Morgan fingerprint density at radius 1 is 1.14 bits per heavy atom. The fraction of sp³-hybridized carbons (Fsp3) is 0.308. The fourth-order valence-corrected chi connectivity index (χ4v) is 6.22. The maximum Gasteiger partial charge on any atom is 0.294 e. The van der Waals surface area contributed by atoms with Crippen molar-refractivity contribution in [3.8, 4) is 12.3 Å². The van der Waals surface area contributed by atoms with Crippen molar-refractivity contribution in [3.63, 3.8) is 0 Å². The minimum atomic E-state index is -4.17. The zero-order valence-electron chi connectivity index (χ0n) is 19.7. The average Bonchev–Trinajstić information content (AvgIpc) is 3.21. The first-order valence-corrected chi connectivity index (χ1v) is 13.2. The Bertz CT molecular complexity index is 1620. The number of amides is 1. The van der Waals surface area contributed by atoms with Gasteiger partial charge in [0.2, 0.25) is 5.82 Å². The maximum atomic E-state index is 14.1. The van der Waals surface area contributed by atoms with Crippen LogP contribution in [-0.4, -0.2) is 51.0 Å². The van der Waals surface area contributed by atoms with Gasteiger partial charge in [-0.15, -0.1) is 16.6 Å². The van der Waals surface area contributed by atoms with Gasteiger partial charge in [-0.1, -0.05) is 42.9 Å². The molecule has 184 valence electrons. The monoisotopic (exact) mass is 505 g/mol. The van der Waals surface area contributed by atoms with E-state index in [1.54, 1.807) is 17.0 Å². The molecule has 1 saturated carbocycles. The third kappa shape index (κ3) is 4.09. The summed E-state index contributed by atoms with van der Waals surface area (Å²) < 4.78 is 42.6. The minimum absolute atomic E-state index is 0.0267. The molecule has 8 nitrogen and oxygen atoms in total. The Hall–Kier alpha value is -3.84. The molecule has 0 N–H and O–H groups in total. The number of aromatic nitrogens is 4. The summed E-state index contributed by atoms with van der Waals surface area (Å²) in [6.07, 6.45) is 10.3. The number of nitrogens with zero attached hydrogens (tertiary/aromatic N) is 5. The van der Waals surface area contributed by atoms with E-state index in [1.165, 1.54) is 30.3 Å². The molecule has 0 unspecified atom stereocenters. The van der Waals surface area contributed by atoms with Crippen molar-refractivity contribution in [2.45, 2.75) is 50.0 Å². The van der Waals surface area contributed by atoms with E-state index in [0.29, 0.717) is 0 Å². The van der Waals surface area contributed by atoms with Gasteiger partial charge in [-0.25, -0.2) is 21.8 Å². The quantitative estimate of drug-likeness (QED) is 0.379. The van der Waals surface area contributed by atoms with E-state index in [4.69, 9.17) is 6.42 Å². The topological polar surface area (TPSA) is 98.0 Å². The Morgan fingerprint density at radius 3 is 2.56 bits per heavy atom. The average molecular weight is 506 g/mol. The van der Waals surface area contributed by atoms with Crippen LogP contribution < -0.4 is 0 Å². The van der Waals surface area contributed by atoms with Gasteiger partial charge in [0.25, 0.3) is 15.9 Å². The van der Waals surface area contributed by atoms with Crippen molar-refractivity contribution < 1.29 is 17.6 Å². The van der Waals surface area contributed by atoms with Gasteiger partial charge in [0.1, 0.15) is 11.3 Å². The standard InChI is InChI=1S/C26H24FN5O3S/c1-3-15-31(19-7-5-4-6-8-19)26(33)24-28-25-23(29-30-24)21-16-18(27)11-14-22(21)32(25)36(34,35)20-12-9-17(2)10-13-20/h1,9-14,16,19H,4-8,15H2,2H3. The zero-order chi connectivity index (χ0) is 25.4. The molecule has 4 aromatic rings. The number of carbonyl (C=O) groups is 1. The Labute approximate surface area is 208 Å². The number of aryl methyl sites for hydroxylation is 1. The molecule has 0 atom stereocenters. The van der Waals surface area contributed by atoms with Crippen LogP contribution >= 0.6 is 0 Å². The van der Waals surface area contributed by atoms with Gasteiger partial charge < -0.3 is 4.90 Å². The smallest absolute Gasteiger partial charge is 0.294 e. The third-order valence-electron chi connectivity index (χ3n) is 6.58. The fourth-order valence-electron chi connectivity index (χ4n) is 4.76. The molecular weight excluding hydrogens is 481 g/mol. The van der Waals surface area contributed by atoms with Crippen molar-refractivity contribution in [3.05, 3.63) is 59.7 Å². The van der Waals surface area contributed by atoms with E-state index in [0.717, 1.165) is 41.6 Å². The van der Waals surface area contributed by atoms with Crippen molar-refractivity contribution >= 4 is 38.0 Å². The van der Waals surface area contributed by atoms with Crippen LogP contribution in [0.4, 0.5) is 4.39 Å². The van der Waals surface area contributed by atoms with Gasteiger partial charge in [0, 0.05) is 11.4 Å². The largest absolute Gasteiger partial charge is 0.322 e. The molecule has 1 aliphatic carbocycles. The maximum absolute atomic E-state index is 14.1. The molecule has 2 aromatic carbocycles. The van der Waals surface area contributed by atoms with Crippen LogP contribution in [0.25, 0.3) is 22.1 Å². The molecule has 0 bridgehead atoms. The summed E-state index contributed by atoms with van der Waals surface area (Å²) >= 11 is 0. The van der Waals surface area contributed by atoms with E-state index >= 15 is 0 Å². The van der Waals surface area contributed by atoms with E-state index in [2.05, 4.69) is 21.1 Å². The highest BCUT2D eigenvalue weighted by molar-refractivity contribution is 7.90. The molecule has 36 heavy (non-hydrogen) atoms. The number of hydrogen-bond acceptors (Lipinski definition) is 6. The van der Waals surface area contributed by atoms with Gasteiger partial charge >= 0.3 is 0 Å². The van der Waals surface area contributed by atoms with Crippen molar-refractivity contribution in [1.29, 1.82) is 0 Å². The van der Waals surface area contributed by atoms with Gasteiger partial charge in [-0.05, 0) is 50.1 Å². The van der Waals surface area contributed by atoms with E-state index in [-0.39, 0.29) is 45.4 Å². The van der Waals surface area contributed by atoms with E-state index < -0.39 is 21.7 Å². The molecular formula is C26H24FN5O3S. The molecule has 5 rings (SSSR count). The normalized spacial score (nSPS) is 14.7. The third-order valence-corrected chi connectivity index (χ3v) is 8.30. The number of fused-ring (bicyclic) bond motifs is 3. The number of halogens is 1. The predicted molar refractivity (Wildman–Crippen MR) is 133 cm³/mol. The van der Waals surface area contributed by atoms with Crippen LogP contribution in [0, 0.1) is 25.1 Å². The molecule has 1 aliphatic rings. The number of rotatable bonds is 5. The summed E-state index contributed by atoms with van der Waals surface area (Å²) in [7, 11) is -4.17. The number of terminal acetylenes is 1. The van der Waals surface area contributed by atoms with Crippen LogP contribution in [0.15, 0.2) is 47.4 Å². The second-order valence-corrected chi connectivity index (χ2v) is 10.8. The lowest BCUT2D eigenvalue weighted by Gasteiger charge is -2.32. The second kappa shape index (κ2) is 9.32. The van der Waals surface area contributed by atoms with Crippen molar-refractivity contribution in [1.82, 2.24) is 24.1 Å². The first-order chi connectivity index (χ1) is 17.3. The first-order valence-electron chi connectivity index (χ1n) is 11.7. The Morgan fingerprint density at radius 2 is 1.86 bits per heavy atom. The van der Waals surface area contributed by atoms with Crippen molar-refractivity contribution in [2.75, 3.05) is 6.54 Å². The van der Waals surface area contributed by atoms with Gasteiger partial charge in [-0.3, -0.25) is 4.79 Å². The van der Waals surface area contributed by atoms with Gasteiger partial charge in [-0.2, -0.15) is 0 Å². The zero-order valence-corrected chi connectivity index (χ0v) is 20.5. The SMILES string of the molecule is C#CCN(C(=O)c1nnc2c3cc(F)ccc3n(S(=O)(=O)c3ccc(C)cc3)c2n1)C1CCCCC1. The van der Waals surface area contributed by atoms with Crippen LogP contribution in [0.3, 0.4) is 0 Å². The summed E-state index contributed by atoms with van der Waals surface area (Å²) in [6, 6.07) is 10.0. The van der Waals surface area contributed by atoms with Gasteiger partial charge in [0.15, 0.2) is 5.65 Å². The summed E-state index contributed by atoms with van der Waals surface area (Å²) in [5.41, 5.74) is 1.06. The molecule has 1 fully saturated rings. The molecule has 0 aliphatic heterocycles. The van der Waals surface area contributed by atoms with Crippen molar-refractivity contribution in [2.24, 2.45) is 0 Å². The number of hydrogen-bond donors (Lipinski definition) is 0. The minimum Gasteiger partial charge on any atom is -0.322 e. The van der Waals surface area contributed by atoms with E-state index in [9.17, 15) is 17.6 Å². The lowest BCUT2D eigenvalue weighted by atomic mass is 9.94. The number of benzene rings is 2. The van der Waals surface area contributed by atoms with Crippen LogP contribution in [0.5, 0.6) is 0 Å². The van der Waals surface area contributed by atoms with Crippen LogP contribution in [-0.2, 0) is 10.0 Å². The lowest BCUT2D eigenvalue weighted by Crippen LogP contribution is -2.42. The molecule has 0 radical (unpaired) electrons. The molecule has 0 saturated heterocycles. The Kier molecular flexibility index (Phi) is 6.18. The van der Waals surface area contributed by atoms with Crippen LogP contribution in [0.2, 0.25) is 0 Å². The molecule has 2 aromatic heterocycles. The first kappa shape index (κ1) is 23.9. The summed E-state index contributed by atoms with van der Waals surface area (Å²) in [6.45, 7) is 1.93. The highest BCUT2D eigenvalue weighted by Gasteiger charge is 2.30. The summed E-state index contributed by atoms with van der Waals surface area (Å²) in [4.78, 5) is 19.4. The van der Waals surface area contributed by atoms with Gasteiger partial charge in [0.05, 0.1) is 17.0 Å². The Balaban J connectivity index is 1.70. The highest BCUT2D eigenvalue weighted by atomic mass is 32.2. The molecule has 0 spiro atoms. The molecule has 2 heterocycles. The van der Waals surface area contributed by atoms with E-state index in [1.807, 2.05) is 6.92 Å². The van der Waals surface area contributed by atoms with Crippen LogP contribution in [0.1, 0.15) is 48.3 Å². The summed E-state index contributed by atoms with van der Waals surface area (Å²) in [5, 5.41) is 8.38. The second-order valence-electron chi connectivity index (χ2n) is 8.98. The molecule has 1 amide bonds.